The van der Waals surface area contributed by atoms with Crippen molar-refractivity contribution >= 4 is 19.6 Å². The van der Waals surface area contributed by atoms with E-state index in [1.807, 2.05) is 48.2 Å². The molecule has 4 rings (SSSR count). The quantitative estimate of drug-likeness (QED) is 0.743. The number of para-hydroxylation sites is 1. The standard InChI is InChI=1S/C17H17O4PS/c18-22(20-14-9-5-2-6-10-14)19-12-17-15(21-22)11-16(23-17)13-7-3-1-4-8-13/h1-10,15-17H,11-12H2/t15-,16-,17+,22-/m1/s1. The maximum absolute atomic E-state index is 12.7. The summed E-state index contributed by atoms with van der Waals surface area (Å²) in [5.74, 6) is 0.500. The number of fused-ring (bicyclic) bond motifs is 1. The lowest BCUT2D eigenvalue weighted by molar-refractivity contribution is 0.0586. The summed E-state index contributed by atoms with van der Waals surface area (Å²) >= 11 is 1.83. The van der Waals surface area contributed by atoms with Gasteiger partial charge in [-0.3, -0.25) is 9.05 Å². The van der Waals surface area contributed by atoms with Crippen molar-refractivity contribution in [3.8, 4) is 5.75 Å². The van der Waals surface area contributed by atoms with Crippen LogP contribution >= 0.6 is 19.6 Å². The summed E-state index contributed by atoms with van der Waals surface area (Å²) in [6.07, 6.45) is 0.721. The van der Waals surface area contributed by atoms with Crippen molar-refractivity contribution in [3.63, 3.8) is 0 Å². The molecule has 0 spiro atoms. The Balaban J connectivity index is 1.46. The number of phosphoric ester groups is 1. The summed E-state index contributed by atoms with van der Waals surface area (Å²) in [7, 11) is -3.54. The van der Waals surface area contributed by atoms with E-state index in [4.69, 9.17) is 13.6 Å². The highest BCUT2D eigenvalue weighted by molar-refractivity contribution is 8.00. The number of phosphoric acid groups is 1. The molecule has 4 nitrogen and oxygen atoms in total. The Hall–Kier alpha value is -1.26. The van der Waals surface area contributed by atoms with E-state index in [9.17, 15) is 4.57 Å². The van der Waals surface area contributed by atoms with Crippen LogP contribution in [-0.4, -0.2) is 18.0 Å². The van der Waals surface area contributed by atoms with Crippen molar-refractivity contribution in [2.45, 2.75) is 23.0 Å². The van der Waals surface area contributed by atoms with Gasteiger partial charge < -0.3 is 4.52 Å². The molecule has 0 aromatic heterocycles. The lowest BCUT2D eigenvalue weighted by atomic mass is 10.1. The number of hydrogen-bond acceptors (Lipinski definition) is 5. The molecule has 2 fully saturated rings. The first-order valence-corrected chi connectivity index (χ1v) is 10.0. The van der Waals surface area contributed by atoms with E-state index in [1.165, 1.54) is 5.56 Å². The van der Waals surface area contributed by atoms with Crippen LogP contribution in [0.3, 0.4) is 0 Å². The number of benzene rings is 2. The predicted octanol–water partition coefficient (Wildman–Crippen LogP) is 4.84. The molecular weight excluding hydrogens is 331 g/mol. The minimum absolute atomic E-state index is 0.103. The first kappa shape index (κ1) is 15.3. The Kier molecular flexibility index (Phi) is 4.20. The third kappa shape index (κ3) is 3.33. The molecule has 2 aromatic rings. The van der Waals surface area contributed by atoms with Gasteiger partial charge in [0.2, 0.25) is 0 Å². The molecule has 120 valence electrons. The summed E-state index contributed by atoms with van der Waals surface area (Å²) < 4.78 is 29.4. The second-order valence-corrected chi connectivity index (χ2v) is 8.59. The lowest BCUT2D eigenvalue weighted by Gasteiger charge is -2.30. The van der Waals surface area contributed by atoms with Crippen LogP contribution in [-0.2, 0) is 13.6 Å². The van der Waals surface area contributed by atoms with E-state index in [0.29, 0.717) is 17.6 Å². The van der Waals surface area contributed by atoms with Crippen LogP contribution in [0, 0.1) is 0 Å². The second-order valence-electron chi connectivity index (χ2n) is 5.60. The molecule has 0 saturated carbocycles. The van der Waals surface area contributed by atoms with E-state index in [0.717, 1.165) is 6.42 Å². The lowest BCUT2D eigenvalue weighted by Crippen LogP contribution is -2.31. The van der Waals surface area contributed by atoms with Crippen molar-refractivity contribution in [1.82, 2.24) is 0 Å². The van der Waals surface area contributed by atoms with Gasteiger partial charge in [-0.25, -0.2) is 4.57 Å². The van der Waals surface area contributed by atoms with Gasteiger partial charge in [0.25, 0.3) is 0 Å². The van der Waals surface area contributed by atoms with Crippen molar-refractivity contribution in [1.29, 1.82) is 0 Å². The zero-order valence-electron chi connectivity index (χ0n) is 12.4. The van der Waals surface area contributed by atoms with E-state index in [1.54, 1.807) is 12.1 Å². The van der Waals surface area contributed by atoms with Gasteiger partial charge in [-0.15, -0.1) is 11.8 Å². The number of thioether (sulfide) groups is 1. The van der Waals surface area contributed by atoms with Gasteiger partial charge in [-0.2, -0.15) is 0 Å². The Morgan fingerprint density at radius 2 is 1.74 bits per heavy atom. The molecule has 0 amide bonds. The van der Waals surface area contributed by atoms with Gasteiger partial charge in [0.15, 0.2) is 0 Å². The average Bonchev–Trinajstić information content (AvgIpc) is 2.99. The van der Waals surface area contributed by atoms with Crippen LogP contribution in [0.4, 0.5) is 0 Å². The Morgan fingerprint density at radius 3 is 2.48 bits per heavy atom. The fourth-order valence-corrected chi connectivity index (χ4v) is 6.03. The SMILES string of the molecule is O=[P@]1(Oc2ccccc2)OC[C@@H]2S[C@@H](c3ccccc3)C[C@H]2O1. The molecule has 2 aliphatic heterocycles. The fourth-order valence-electron chi connectivity index (χ4n) is 2.88. The second kappa shape index (κ2) is 6.33. The summed E-state index contributed by atoms with van der Waals surface area (Å²) in [4.78, 5) is 0. The van der Waals surface area contributed by atoms with Gasteiger partial charge in [-0.1, -0.05) is 48.5 Å². The van der Waals surface area contributed by atoms with Crippen LogP contribution in [0.25, 0.3) is 0 Å². The average molecular weight is 348 g/mol. The zero-order chi connectivity index (χ0) is 15.7. The molecule has 2 aromatic carbocycles. The first-order chi connectivity index (χ1) is 11.2. The van der Waals surface area contributed by atoms with Crippen LogP contribution in [0.1, 0.15) is 17.2 Å². The molecule has 6 heteroatoms. The van der Waals surface area contributed by atoms with E-state index in [2.05, 4.69) is 12.1 Å². The number of rotatable bonds is 3. The van der Waals surface area contributed by atoms with Gasteiger partial charge >= 0.3 is 7.82 Å². The molecule has 0 unspecified atom stereocenters. The van der Waals surface area contributed by atoms with Crippen LogP contribution in [0.15, 0.2) is 60.7 Å². The molecule has 2 aliphatic rings. The third-order valence-electron chi connectivity index (χ3n) is 3.99. The Labute approximate surface area is 139 Å². The molecule has 0 radical (unpaired) electrons. The highest BCUT2D eigenvalue weighted by atomic mass is 32.2. The molecule has 0 N–H and O–H groups in total. The van der Waals surface area contributed by atoms with Gasteiger partial charge in [-0.05, 0) is 24.1 Å². The Bertz CT molecular complexity index is 709. The molecular formula is C17H17O4PS. The molecule has 4 atom stereocenters. The van der Waals surface area contributed by atoms with Crippen LogP contribution in [0.2, 0.25) is 0 Å². The summed E-state index contributed by atoms with van der Waals surface area (Å²) in [5, 5.41) is 0.541. The number of hydrogen-bond donors (Lipinski definition) is 0. The highest BCUT2D eigenvalue weighted by Crippen LogP contribution is 2.60. The van der Waals surface area contributed by atoms with E-state index >= 15 is 0 Å². The zero-order valence-corrected chi connectivity index (χ0v) is 14.1. The monoisotopic (exact) mass is 348 g/mol. The van der Waals surface area contributed by atoms with Crippen molar-refractivity contribution in [3.05, 3.63) is 66.2 Å². The fraction of sp³-hybridized carbons (Fsp3) is 0.294. The minimum Gasteiger partial charge on any atom is -0.404 e. The van der Waals surface area contributed by atoms with Crippen molar-refractivity contribution in [2.75, 3.05) is 6.61 Å². The smallest absolute Gasteiger partial charge is 0.404 e. The van der Waals surface area contributed by atoms with Gasteiger partial charge in [0.1, 0.15) is 5.75 Å². The summed E-state index contributed by atoms with van der Waals surface area (Å²) in [6.45, 7) is 0.392. The molecule has 0 bridgehead atoms. The molecule has 2 heterocycles. The van der Waals surface area contributed by atoms with E-state index in [-0.39, 0.29) is 11.4 Å². The molecule has 23 heavy (non-hydrogen) atoms. The van der Waals surface area contributed by atoms with Crippen molar-refractivity contribution in [2.24, 2.45) is 0 Å². The molecule has 2 saturated heterocycles. The largest absolute Gasteiger partial charge is 0.530 e. The third-order valence-corrected chi connectivity index (χ3v) is 7.00. The first-order valence-electron chi connectivity index (χ1n) is 7.60. The topological polar surface area (TPSA) is 44.8 Å². The maximum Gasteiger partial charge on any atom is 0.530 e. The van der Waals surface area contributed by atoms with E-state index < -0.39 is 7.82 Å². The van der Waals surface area contributed by atoms with Gasteiger partial charge in [0, 0.05) is 5.25 Å². The normalized spacial score (nSPS) is 33.1. The summed E-state index contributed by atoms with van der Waals surface area (Å²) in [6, 6.07) is 19.3. The predicted molar refractivity (Wildman–Crippen MR) is 90.7 cm³/mol. The van der Waals surface area contributed by atoms with Crippen molar-refractivity contribution < 1.29 is 18.1 Å². The highest BCUT2D eigenvalue weighted by Gasteiger charge is 2.47. The Morgan fingerprint density at radius 1 is 1.04 bits per heavy atom. The molecule has 0 aliphatic carbocycles. The maximum atomic E-state index is 12.7. The minimum atomic E-state index is -3.54. The van der Waals surface area contributed by atoms with Crippen LogP contribution < -0.4 is 4.52 Å². The van der Waals surface area contributed by atoms with Gasteiger partial charge in [0.05, 0.1) is 18.0 Å². The summed E-state index contributed by atoms with van der Waals surface area (Å²) in [5.41, 5.74) is 1.27. The van der Waals surface area contributed by atoms with Crippen LogP contribution in [0.5, 0.6) is 5.75 Å².